The van der Waals surface area contributed by atoms with Gasteiger partial charge in [-0.2, -0.15) is 0 Å². The highest BCUT2D eigenvalue weighted by atomic mass is 32.2. The molecule has 1 aliphatic carbocycles. The van der Waals surface area contributed by atoms with Crippen LogP contribution in [0.2, 0.25) is 0 Å². The average Bonchev–Trinajstić information content (AvgIpc) is 2.69. The maximum Gasteiger partial charge on any atom is 0.256 e. The summed E-state index contributed by atoms with van der Waals surface area (Å²) >= 11 is 0. The molecule has 1 aromatic carbocycles. The van der Waals surface area contributed by atoms with Gasteiger partial charge in [0, 0.05) is 34.6 Å². The molecule has 1 aromatic rings. The number of carbonyl (C=O) groups excluding carboxylic acids is 1. The summed E-state index contributed by atoms with van der Waals surface area (Å²) in [5.41, 5.74) is 1.01. The Kier molecular flexibility index (Phi) is 6.84. The van der Waals surface area contributed by atoms with Gasteiger partial charge in [-0.25, -0.2) is 0 Å². The van der Waals surface area contributed by atoms with Gasteiger partial charge in [0.25, 0.3) is 5.91 Å². The predicted octanol–water partition coefficient (Wildman–Crippen LogP) is 2.98. The van der Waals surface area contributed by atoms with Crippen molar-refractivity contribution in [2.45, 2.75) is 61.5 Å². The lowest BCUT2D eigenvalue weighted by molar-refractivity contribution is -0.140. The van der Waals surface area contributed by atoms with Gasteiger partial charge in [-0.15, -0.1) is 0 Å². The highest BCUT2D eigenvalue weighted by molar-refractivity contribution is 7.84. The molecule has 0 spiro atoms. The summed E-state index contributed by atoms with van der Waals surface area (Å²) in [6.45, 7) is 1.56. The normalized spacial score (nSPS) is 21.9. The third-order valence-corrected chi connectivity index (χ3v) is 7.47. The average molecular weight is 379 g/mol. The van der Waals surface area contributed by atoms with Crippen molar-refractivity contribution in [2.75, 3.05) is 25.5 Å². The van der Waals surface area contributed by atoms with Gasteiger partial charge in [0.15, 0.2) is 0 Å². The molecule has 26 heavy (non-hydrogen) atoms. The van der Waals surface area contributed by atoms with Crippen LogP contribution in [0.1, 0.15) is 50.5 Å². The first kappa shape index (κ1) is 19.5. The van der Waals surface area contributed by atoms with Crippen LogP contribution in [0.4, 0.5) is 5.69 Å². The van der Waals surface area contributed by atoms with E-state index in [9.17, 15) is 9.00 Å². The molecule has 0 radical (unpaired) electrons. The fourth-order valence-corrected chi connectivity index (χ4v) is 5.55. The van der Waals surface area contributed by atoms with Crippen LogP contribution >= 0.6 is 0 Å². The second-order valence-corrected chi connectivity index (χ2v) is 9.10. The molecule has 0 aromatic heterocycles. The van der Waals surface area contributed by atoms with Crippen molar-refractivity contribution >= 4 is 22.4 Å². The van der Waals surface area contributed by atoms with Gasteiger partial charge in [-0.1, -0.05) is 31.4 Å². The smallest absolute Gasteiger partial charge is 0.256 e. The molecule has 1 saturated carbocycles. The molecule has 1 saturated heterocycles. The minimum Gasteiger partial charge on any atom is -0.368 e. The number of piperidine rings is 1. The molecular formula is C20H30N2O3S. The largest absolute Gasteiger partial charge is 0.368 e. The minimum atomic E-state index is -0.838. The van der Waals surface area contributed by atoms with E-state index in [2.05, 4.69) is 10.6 Å². The maximum atomic E-state index is 12.8. The van der Waals surface area contributed by atoms with Crippen LogP contribution in [-0.2, 0) is 26.1 Å². The molecule has 2 fully saturated rings. The lowest BCUT2D eigenvalue weighted by Crippen LogP contribution is -2.51. The molecule has 5 nitrogen and oxygen atoms in total. The monoisotopic (exact) mass is 378 g/mol. The molecule has 1 atom stereocenters. The first-order chi connectivity index (χ1) is 12.6. The standard InChI is InChI=1S/C20H30N2O3S/c1-25-20(10-12-21-13-11-20)19(23)22-17-7-5-6-16(14-17)15-26(24)18-8-3-2-4-9-18/h5-7,14,18,21H,2-4,8-13,15H2,1H3,(H,22,23). The Hall–Kier alpha value is -1.24. The summed E-state index contributed by atoms with van der Waals surface area (Å²) in [4.78, 5) is 12.8. The topological polar surface area (TPSA) is 67.4 Å². The van der Waals surface area contributed by atoms with Gasteiger partial charge >= 0.3 is 0 Å². The van der Waals surface area contributed by atoms with Gasteiger partial charge in [-0.05, 0) is 56.5 Å². The van der Waals surface area contributed by atoms with E-state index >= 15 is 0 Å². The molecule has 1 aliphatic heterocycles. The summed E-state index contributed by atoms with van der Waals surface area (Å²) < 4.78 is 18.2. The first-order valence-electron chi connectivity index (χ1n) is 9.66. The molecule has 3 rings (SSSR count). The maximum absolute atomic E-state index is 12.8. The quantitative estimate of drug-likeness (QED) is 0.799. The van der Waals surface area contributed by atoms with Crippen molar-refractivity contribution in [3.63, 3.8) is 0 Å². The SMILES string of the molecule is COC1(C(=O)Nc2cccc(CS(=O)C3CCCCC3)c2)CCNCC1. The van der Waals surface area contributed by atoms with E-state index in [0.717, 1.165) is 37.2 Å². The second-order valence-electron chi connectivity index (χ2n) is 7.39. The van der Waals surface area contributed by atoms with Crippen molar-refractivity contribution in [1.82, 2.24) is 5.32 Å². The number of ether oxygens (including phenoxy) is 1. The van der Waals surface area contributed by atoms with Gasteiger partial charge in [0.1, 0.15) is 5.60 Å². The van der Waals surface area contributed by atoms with Crippen molar-refractivity contribution in [2.24, 2.45) is 0 Å². The Balaban J connectivity index is 1.63. The number of methoxy groups -OCH3 is 1. The first-order valence-corrected chi connectivity index (χ1v) is 11.0. The van der Waals surface area contributed by atoms with Crippen LogP contribution < -0.4 is 10.6 Å². The van der Waals surface area contributed by atoms with E-state index in [0.29, 0.717) is 23.8 Å². The molecule has 6 heteroatoms. The Morgan fingerprint density at radius 1 is 1.27 bits per heavy atom. The van der Waals surface area contributed by atoms with E-state index in [1.807, 2.05) is 24.3 Å². The van der Waals surface area contributed by atoms with E-state index < -0.39 is 16.4 Å². The van der Waals surface area contributed by atoms with Gasteiger partial charge < -0.3 is 15.4 Å². The number of anilines is 1. The summed E-state index contributed by atoms with van der Waals surface area (Å²) in [5.74, 6) is 0.473. The lowest BCUT2D eigenvalue weighted by Gasteiger charge is -2.34. The fraction of sp³-hybridized carbons (Fsp3) is 0.650. The number of carbonyl (C=O) groups is 1. The second kappa shape index (κ2) is 9.11. The Morgan fingerprint density at radius 3 is 2.69 bits per heavy atom. The number of nitrogens with one attached hydrogen (secondary N) is 2. The zero-order chi connectivity index (χ0) is 18.4. The minimum absolute atomic E-state index is 0.0907. The third kappa shape index (κ3) is 4.72. The van der Waals surface area contributed by atoms with E-state index in [1.165, 1.54) is 19.3 Å². The van der Waals surface area contributed by atoms with Crippen molar-refractivity contribution in [3.05, 3.63) is 29.8 Å². The molecule has 1 unspecified atom stereocenters. The van der Waals surface area contributed by atoms with Gasteiger partial charge in [0.2, 0.25) is 0 Å². The van der Waals surface area contributed by atoms with E-state index in [1.54, 1.807) is 7.11 Å². The van der Waals surface area contributed by atoms with Crippen LogP contribution in [0.15, 0.2) is 24.3 Å². The number of benzene rings is 1. The highest BCUT2D eigenvalue weighted by Crippen LogP contribution is 2.26. The molecule has 1 heterocycles. The van der Waals surface area contributed by atoms with Crippen LogP contribution in [-0.4, -0.2) is 41.2 Å². The van der Waals surface area contributed by atoms with Gasteiger partial charge in [0.05, 0.1) is 0 Å². The summed E-state index contributed by atoms with van der Waals surface area (Å²) in [6.07, 6.45) is 7.15. The lowest BCUT2D eigenvalue weighted by atomic mass is 9.91. The predicted molar refractivity (Wildman–Crippen MR) is 106 cm³/mol. The van der Waals surface area contributed by atoms with Crippen molar-refractivity contribution < 1.29 is 13.7 Å². The van der Waals surface area contributed by atoms with E-state index in [4.69, 9.17) is 4.74 Å². The Bertz CT molecular complexity index is 638. The van der Waals surface area contributed by atoms with Crippen molar-refractivity contribution in [3.8, 4) is 0 Å². The number of hydrogen-bond acceptors (Lipinski definition) is 4. The van der Waals surface area contributed by atoms with Crippen LogP contribution in [0.3, 0.4) is 0 Å². The summed E-state index contributed by atoms with van der Waals surface area (Å²) in [5, 5.41) is 6.59. The van der Waals surface area contributed by atoms with Crippen molar-refractivity contribution in [1.29, 1.82) is 0 Å². The molecule has 2 N–H and O–H groups in total. The molecule has 0 bridgehead atoms. The van der Waals surface area contributed by atoms with Gasteiger partial charge in [-0.3, -0.25) is 9.00 Å². The number of rotatable bonds is 6. The summed E-state index contributed by atoms with van der Waals surface area (Å²) in [6, 6.07) is 7.75. The number of amides is 1. The molecule has 1 amide bonds. The third-order valence-electron chi connectivity index (χ3n) is 5.63. The zero-order valence-electron chi connectivity index (χ0n) is 15.6. The van der Waals surface area contributed by atoms with Crippen LogP contribution in [0.5, 0.6) is 0 Å². The molecule has 2 aliphatic rings. The van der Waals surface area contributed by atoms with E-state index in [-0.39, 0.29) is 5.91 Å². The molecular weight excluding hydrogens is 348 g/mol. The van der Waals surface area contributed by atoms with Crippen LogP contribution in [0, 0.1) is 0 Å². The highest BCUT2D eigenvalue weighted by Gasteiger charge is 2.39. The summed E-state index contributed by atoms with van der Waals surface area (Å²) in [7, 11) is 0.768. The van der Waals surface area contributed by atoms with Crippen LogP contribution in [0.25, 0.3) is 0 Å². The Morgan fingerprint density at radius 2 is 2.00 bits per heavy atom. The Labute approximate surface area is 158 Å². The zero-order valence-corrected chi connectivity index (χ0v) is 16.4. The molecule has 144 valence electrons. The number of hydrogen-bond donors (Lipinski definition) is 2. The fourth-order valence-electron chi connectivity index (χ4n) is 3.95.